The number of amides is 1. The highest BCUT2D eigenvalue weighted by atomic mass is 32.2. The molecule has 4 aliphatic heterocycles. The van der Waals surface area contributed by atoms with Crippen molar-refractivity contribution in [2.75, 3.05) is 57.9 Å². The standard InChI is InChI=1S/C20H25N3O3S/c24-20(14-3-6-25-7-4-14)22-10-15-12-23(13-16(15)11-22)27-17-1-2-19-18(9-17)21-5-8-26-19/h1-2,9,14,21H,3-8,10-13H2. The molecule has 0 atom stereocenters. The maximum absolute atomic E-state index is 12.7. The van der Waals surface area contributed by atoms with Gasteiger partial charge in [0.2, 0.25) is 5.91 Å². The van der Waals surface area contributed by atoms with Gasteiger partial charge in [0.15, 0.2) is 0 Å². The van der Waals surface area contributed by atoms with Crippen molar-refractivity contribution in [2.24, 2.45) is 5.92 Å². The third-order valence-corrected chi connectivity index (χ3v) is 6.72. The van der Waals surface area contributed by atoms with Crippen molar-refractivity contribution < 1.29 is 14.3 Å². The second kappa shape index (κ2) is 7.37. The number of ether oxygens (including phenoxy) is 2. The van der Waals surface area contributed by atoms with Crippen molar-refractivity contribution in [3.05, 3.63) is 29.3 Å². The van der Waals surface area contributed by atoms with Crippen LogP contribution in [0.5, 0.6) is 5.75 Å². The number of carbonyl (C=O) groups is 1. The Labute approximate surface area is 164 Å². The van der Waals surface area contributed by atoms with E-state index in [2.05, 4.69) is 32.7 Å². The Kier molecular flexibility index (Phi) is 4.75. The topological polar surface area (TPSA) is 54.0 Å². The summed E-state index contributed by atoms with van der Waals surface area (Å²) in [5.41, 5.74) is 3.95. The third-order valence-electron chi connectivity index (χ3n) is 5.74. The van der Waals surface area contributed by atoms with E-state index in [1.54, 1.807) is 11.9 Å². The number of benzene rings is 1. The number of nitrogens with zero attached hydrogens (tertiary/aromatic N) is 2. The lowest BCUT2D eigenvalue weighted by molar-refractivity contribution is -0.137. The average Bonchev–Trinajstić information content (AvgIpc) is 3.26. The molecule has 4 heterocycles. The molecule has 1 aromatic rings. The van der Waals surface area contributed by atoms with Gasteiger partial charge in [-0.3, -0.25) is 4.79 Å². The van der Waals surface area contributed by atoms with Crippen LogP contribution in [0.25, 0.3) is 0 Å². The Morgan fingerprint density at radius 1 is 1.07 bits per heavy atom. The van der Waals surface area contributed by atoms with Crippen molar-refractivity contribution >= 4 is 23.5 Å². The van der Waals surface area contributed by atoms with Crippen LogP contribution in [-0.4, -0.2) is 67.7 Å². The first-order chi connectivity index (χ1) is 13.3. The number of anilines is 1. The second-order valence-electron chi connectivity index (χ2n) is 7.61. The van der Waals surface area contributed by atoms with E-state index in [9.17, 15) is 4.79 Å². The molecule has 7 heteroatoms. The monoisotopic (exact) mass is 387 g/mol. The minimum atomic E-state index is 0.162. The van der Waals surface area contributed by atoms with E-state index >= 15 is 0 Å². The highest BCUT2D eigenvalue weighted by molar-refractivity contribution is 7.97. The number of fused-ring (bicyclic) bond motifs is 1. The van der Waals surface area contributed by atoms with E-state index in [0.29, 0.717) is 5.91 Å². The third kappa shape index (κ3) is 3.56. The average molecular weight is 388 g/mol. The molecule has 0 radical (unpaired) electrons. The van der Waals surface area contributed by atoms with Crippen molar-refractivity contribution in [3.8, 4) is 5.75 Å². The molecule has 0 unspecified atom stereocenters. The lowest BCUT2D eigenvalue weighted by Crippen LogP contribution is -2.39. The van der Waals surface area contributed by atoms with Crippen LogP contribution in [0.15, 0.2) is 34.2 Å². The molecule has 27 heavy (non-hydrogen) atoms. The van der Waals surface area contributed by atoms with Gasteiger partial charge in [-0.1, -0.05) is 0 Å². The summed E-state index contributed by atoms with van der Waals surface area (Å²) < 4.78 is 13.4. The SMILES string of the molecule is O=C(C1CCOCC1)N1CC2=C(CN(Sc3ccc4c(c3)NCCO4)C2)C1. The zero-order valence-corrected chi connectivity index (χ0v) is 16.2. The van der Waals surface area contributed by atoms with Crippen LogP contribution in [0.2, 0.25) is 0 Å². The molecule has 0 aromatic heterocycles. The predicted molar refractivity (Wildman–Crippen MR) is 105 cm³/mol. The van der Waals surface area contributed by atoms with Crippen molar-refractivity contribution in [3.63, 3.8) is 0 Å². The van der Waals surface area contributed by atoms with Crippen molar-refractivity contribution in [2.45, 2.75) is 17.7 Å². The summed E-state index contributed by atoms with van der Waals surface area (Å²) in [4.78, 5) is 16.0. The van der Waals surface area contributed by atoms with Crippen LogP contribution in [0, 0.1) is 5.92 Å². The molecule has 5 rings (SSSR count). The summed E-state index contributed by atoms with van der Waals surface area (Å²) in [6.07, 6.45) is 1.75. The Morgan fingerprint density at radius 2 is 1.85 bits per heavy atom. The summed E-state index contributed by atoms with van der Waals surface area (Å²) in [6, 6.07) is 6.35. The van der Waals surface area contributed by atoms with Gasteiger partial charge in [-0.15, -0.1) is 0 Å². The van der Waals surface area contributed by atoms with E-state index in [4.69, 9.17) is 9.47 Å². The van der Waals surface area contributed by atoms with Crippen LogP contribution < -0.4 is 10.1 Å². The molecule has 0 aliphatic carbocycles. The van der Waals surface area contributed by atoms with Gasteiger partial charge in [0.25, 0.3) is 0 Å². The van der Waals surface area contributed by atoms with Gasteiger partial charge in [-0.2, -0.15) is 0 Å². The molecule has 1 N–H and O–H groups in total. The summed E-state index contributed by atoms with van der Waals surface area (Å²) in [5, 5.41) is 3.40. The van der Waals surface area contributed by atoms with Gasteiger partial charge in [0, 0.05) is 56.8 Å². The minimum absolute atomic E-state index is 0.162. The number of nitrogens with one attached hydrogen (secondary N) is 1. The minimum Gasteiger partial charge on any atom is -0.490 e. The smallest absolute Gasteiger partial charge is 0.226 e. The van der Waals surface area contributed by atoms with E-state index in [1.807, 2.05) is 0 Å². The maximum atomic E-state index is 12.7. The molecular formula is C20H25N3O3S. The Hall–Kier alpha value is -1.70. The Balaban J connectivity index is 1.16. The molecule has 6 nitrogen and oxygen atoms in total. The Morgan fingerprint density at radius 3 is 2.63 bits per heavy atom. The van der Waals surface area contributed by atoms with Gasteiger partial charge in [0.05, 0.1) is 5.69 Å². The highest BCUT2D eigenvalue weighted by Crippen LogP contribution is 2.37. The predicted octanol–water partition coefficient (Wildman–Crippen LogP) is 2.38. The van der Waals surface area contributed by atoms with Gasteiger partial charge in [0.1, 0.15) is 12.4 Å². The fraction of sp³-hybridized carbons (Fsp3) is 0.550. The first-order valence-electron chi connectivity index (χ1n) is 9.76. The van der Waals surface area contributed by atoms with Gasteiger partial charge in [-0.25, -0.2) is 4.31 Å². The number of hydrogen-bond donors (Lipinski definition) is 1. The summed E-state index contributed by atoms with van der Waals surface area (Å²) in [5.74, 6) is 1.43. The fourth-order valence-corrected chi connectivity index (χ4v) is 5.33. The highest BCUT2D eigenvalue weighted by Gasteiger charge is 2.35. The molecule has 1 saturated heterocycles. The molecule has 0 spiro atoms. The quantitative estimate of drug-likeness (QED) is 0.635. The molecule has 4 aliphatic rings. The van der Waals surface area contributed by atoms with E-state index < -0.39 is 0 Å². The van der Waals surface area contributed by atoms with Gasteiger partial charge < -0.3 is 19.7 Å². The van der Waals surface area contributed by atoms with E-state index in [-0.39, 0.29) is 5.92 Å². The zero-order valence-electron chi connectivity index (χ0n) is 15.4. The largest absolute Gasteiger partial charge is 0.490 e. The first kappa shape index (κ1) is 17.4. The second-order valence-corrected chi connectivity index (χ2v) is 8.78. The molecule has 0 saturated carbocycles. The van der Waals surface area contributed by atoms with Crippen molar-refractivity contribution in [1.29, 1.82) is 0 Å². The lowest BCUT2D eigenvalue weighted by atomic mass is 9.99. The number of rotatable bonds is 3. The molecule has 1 fully saturated rings. The molecular weight excluding hydrogens is 362 g/mol. The summed E-state index contributed by atoms with van der Waals surface area (Å²) in [6.45, 7) is 6.54. The van der Waals surface area contributed by atoms with Gasteiger partial charge in [-0.05, 0) is 54.1 Å². The summed E-state index contributed by atoms with van der Waals surface area (Å²) in [7, 11) is 0. The van der Waals surface area contributed by atoms with Crippen LogP contribution in [0.4, 0.5) is 5.69 Å². The van der Waals surface area contributed by atoms with Crippen molar-refractivity contribution in [1.82, 2.24) is 9.21 Å². The summed E-state index contributed by atoms with van der Waals surface area (Å²) >= 11 is 1.79. The Bertz CT molecular complexity index is 758. The van der Waals surface area contributed by atoms with Crippen LogP contribution in [0.3, 0.4) is 0 Å². The molecule has 1 aromatic carbocycles. The van der Waals surface area contributed by atoms with Crippen LogP contribution in [-0.2, 0) is 9.53 Å². The van der Waals surface area contributed by atoms with Gasteiger partial charge >= 0.3 is 0 Å². The maximum Gasteiger partial charge on any atom is 0.226 e. The zero-order chi connectivity index (χ0) is 18.2. The van der Waals surface area contributed by atoms with E-state index in [0.717, 1.165) is 76.8 Å². The molecule has 144 valence electrons. The van der Waals surface area contributed by atoms with E-state index in [1.165, 1.54) is 16.0 Å². The molecule has 1 amide bonds. The first-order valence-corrected chi connectivity index (χ1v) is 10.5. The lowest BCUT2D eigenvalue weighted by Gasteiger charge is -2.28. The van der Waals surface area contributed by atoms with Crippen LogP contribution in [0.1, 0.15) is 12.8 Å². The molecule has 0 bridgehead atoms. The fourth-order valence-electron chi connectivity index (χ4n) is 4.29. The number of carbonyl (C=O) groups excluding carboxylic acids is 1. The van der Waals surface area contributed by atoms with Crippen LogP contribution >= 0.6 is 11.9 Å². The normalized spacial score (nSPS) is 23.0. The number of hydrogen-bond acceptors (Lipinski definition) is 6.